The van der Waals surface area contributed by atoms with Gasteiger partial charge < -0.3 is 4.74 Å². The number of benzene rings is 1. The average molecular weight is 196 g/mol. The van der Waals surface area contributed by atoms with E-state index in [-0.39, 0.29) is 0 Å². The van der Waals surface area contributed by atoms with Crippen LogP contribution in [-0.4, -0.2) is 12.9 Å². The molecule has 0 spiro atoms. The highest BCUT2D eigenvalue weighted by Crippen LogP contribution is 2.28. The van der Waals surface area contributed by atoms with E-state index < -0.39 is 0 Å². The molecule has 72 valence electrons. The van der Waals surface area contributed by atoms with Crippen molar-refractivity contribution in [1.82, 2.24) is 0 Å². The molecule has 0 saturated heterocycles. The summed E-state index contributed by atoms with van der Waals surface area (Å²) in [6.45, 7) is 2.20. The second kappa shape index (κ2) is 5.18. The van der Waals surface area contributed by atoms with Crippen LogP contribution in [0.3, 0.4) is 0 Å². The highest BCUT2D eigenvalue weighted by Gasteiger charge is 2.08. The van der Waals surface area contributed by atoms with Crippen molar-refractivity contribution in [2.75, 3.05) is 12.9 Å². The fourth-order valence-corrected chi connectivity index (χ4v) is 1.81. The molecule has 2 heteroatoms. The molecular weight excluding hydrogens is 180 g/mol. The zero-order valence-corrected chi connectivity index (χ0v) is 9.05. The van der Waals surface area contributed by atoms with E-state index in [2.05, 4.69) is 25.6 Å². The van der Waals surface area contributed by atoms with Crippen molar-refractivity contribution in [3.8, 4) is 5.75 Å². The van der Waals surface area contributed by atoms with Crippen LogP contribution >= 0.6 is 12.6 Å². The van der Waals surface area contributed by atoms with Crippen LogP contribution in [0.2, 0.25) is 0 Å². The minimum Gasteiger partial charge on any atom is -0.496 e. The molecule has 1 aromatic carbocycles. The maximum absolute atomic E-state index is 5.29. The Labute approximate surface area is 85.5 Å². The molecule has 0 aliphatic rings. The summed E-state index contributed by atoms with van der Waals surface area (Å²) in [4.78, 5) is 0. The predicted molar refractivity (Wildman–Crippen MR) is 59.9 cm³/mol. The Kier molecular flexibility index (Phi) is 4.16. The molecule has 1 unspecified atom stereocenters. The maximum Gasteiger partial charge on any atom is 0.122 e. The van der Waals surface area contributed by atoms with E-state index in [0.717, 1.165) is 17.9 Å². The highest BCUT2D eigenvalue weighted by atomic mass is 32.1. The number of thiol groups is 1. The molecule has 0 amide bonds. The number of ether oxygens (including phenoxy) is 1. The van der Waals surface area contributed by atoms with Crippen LogP contribution in [0.4, 0.5) is 0 Å². The lowest BCUT2D eigenvalue weighted by Gasteiger charge is -2.14. The monoisotopic (exact) mass is 196 g/mol. The van der Waals surface area contributed by atoms with Crippen LogP contribution in [0.15, 0.2) is 24.3 Å². The molecule has 1 aromatic rings. The van der Waals surface area contributed by atoms with Gasteiger partial charge in [-0.2, -0.15) is 12.6 Å². The Morgan fingerprint density at radius 3 is 2.69 bits per heavy atom. The van der Waals surface area contributed by atoms with Crippen molar-refractivity contribution in [1.29, 1.82) is 0 Å². The maximum atomic E-state index is 5.29. The van der Waals surface area contributed by atoms with Gasteiger partial charge in [-0.25, -0.2) is 0 Å². The predicted octanol–water partition coefficient (Wildman–Crippen LogP) is 3.12. The van der Waals surface area contributed by atoms with Crippen LogP contribution in [0.1, 0.15) is 24.8 Å². The van der Waals surface area contributed by atoms with E-state index in [4.69, 9.17) is 4.74 Å². The Morgan fingerprint density at radius 2 is 2.08 bits per heavy atom. The fourth-order valence-electron chi connectivity index (χ4n) is 1.42. The quantitative estimate of drug-likeness (QED) is 0.728. The van der Waals surface area contributed by atoms with Crippen LogP contribution in [0.5, 0.6) is 5.75 Å². The second-order valence-electron chi connectivity index (χ2n) is 3.16. The molecule has 1 nitrogen and oxygen atoms in total. The molecule has 13 heavy (non-hydrogen) atoms. The number of para-hydroxylation sites is 1. The van der Waals surface area contributed by atoms with E-state index in [9.17, 15) is 0 Å². The minimum absolute atomic E-state index is 0.522. The zero-order valence-electron chi connectivity index (χ0n) is 8.16. The first-order valence-corrected chi connectivity index (χ1v) is 5.16. The molecule has 0 N–H and O–H groups in total. The van der Waals surface area contributed by atoms with Gasteiger partial charge in [-0.05, 0) is 29.7 Å². The summed E-state index contributed by atoms with van der Waals surface area (Å²) >= 11 is 4.23. The normalized spacial score (nSPS) is 12.5. The Hall–Kier alpha value is -0.630. The first-order chi connectivity index (χ1) is 6.29. The van der Waals surface area contributed by atoms with Gasteiger partial charge in [0.1, 0.15) is 5.75 Å². The van der Waals surface area contributed by atoms with Crippen LogP contribution in [0, 0.1) is 0 Å². The minimum atomic E-state index is 0.522. The van der Waals surface area contributed by atoms with Crippen molar-refractivity contribution >= 4 is 12.6 Å². The second-order valence-corrected chi connectivity index (χ2v) is 3.60. The number of rotatable bonds is 4. The molecule has 0 aromatic heterocycles. The molecule has 1 atom stereocenters. The lowest BCUT2D eigenvalue weighted by atomic mass is 9.98. The fraction of sp³-hybridized carbons (Fsp3) is 0.455. The molecule has 0 fully saturated rings. The zero-order chi connectivity index (χ0) is 9.68. The van der Waals surface area contributed by atoms with E-state index in [1.807, 2.05) is 18.2 Å². The molecule has 1 rings (SSSR count). The summed E-state index contributed by atoms with van der Waals surface area (Å²) in [5.74, 6) is 2.42. The topological polar surface area (TPSA) is 9.23 Å². The van der Waals surface area contributed by atoms with Gasteiger partial charge in [-0.1, -0.05) is 25.1 Å². The summed E-state index contributed by atoms with van der Waals surface area (Å²) < 4.78 is 5.29. The van der Waals surface area contributed by atoms with Crippen molar-refractivity contribution in [3.63, 3.8) is 0 Å². The molecule has 0 aliphatic heterocycles. The van der Waals surface area contributed by atoms with Crippen LogP contribution < -0.4 is 4.74 Å². The van der Waals surface area contributed by atoms with Crippen molar-refractivity contribution in [2.24, 2.45) is 0 Å². The largest absolute Gasteiger partial charge is 0.496 e. The summed E-state index contributed by atoms with van der Waals surface area (Å²) in [5.41, 5.74) is 1.28. The van der Waals surface area contributed by atoms with Crippen molar-refractivity contribution in [3.05, 3.63) is 29.8 Å². The molecule has 0 bridgehead atoms. The summed E-state index contributed by atoms with van der Waals surface area (Å²) in [6, 6.07) is 8.17. The smallest absolute Gasteiger partial charge is 0.122 e. The Balaban J connectivity index is 2.85. The van der Waals surface area contributed by atoms with Gasteiger partial charge in [0, 0.05) is 0 Å². The molecular formula is C11H16OS. The molecule has 0 saturated carbocycles. The van der Waals surface area contributed by atoms with Crippen molar-refractivity contribution < 1.29 is 4.74 Å². The lowest BCUT2D eigenvalue weighted by Crippen LogP contribution is -1.97. The van der Waals surface area contributed by atoms with E-state index in [1.54, 1.807) is 7.11 Å². The third-order valence-electron chi connectivity index (χ3n) is 2.23. The van der Waals surface area contributed by atoms with Gasteiger partial charge >= 0.3 is 0 Å². The van der Waals surface area contributed by atoms with Gasteiger partial charge in [-0.3, -0.25) is 0 Å². The van der Waals surface area contributed by atoms with Gasteiger partial charge in [0.25, 0.3) is 0 Å². The lowest BCUT2D eigenvalue weighted by molar-refractivity contribution is 0.406. The summed E-state index contributed by atoms with van der Waals surface area (Å²) in [7, 11) is 1.71. The Morgan fingerprint density at radius 1 is 1.38 bits per heavy atom. The third kappa shape index (κ3) is 2.66. The van der Waals surface area contributed by atoms with E-state index in [1.165, 1.54) is 5.56 Å². The summed E-state index contributed by atoms with van der Waals surface area (Å²) in [6.07, 6.45) is 1.09. The van der Waals surface area contributed by atoms with Gasteiger partial charge in [-0.15, -0.1) is 0 Å². The van der Waals surface area contributed by atoms with Crippen LogP contribution in [0.25, 0.3) is 0 Å². The number of hydrogen-bond acceptors (Lipinski definition) is 2. The first-order valence-electron chi connectivity index (χ1n) is 4.53. The average Bonchev–Trinajstić information content (AvgIpc) is 2.18. The van der Waals surface area contributed by atoms with Gasteiger partial charge in [0.2, 0.25) is 0 Å². The van der Waals surface area contributed by atoms with Gasteiger partial charge in [0.15, 0.2) is 0 Å². The van der Waals surface area contributed by atoms with Gasteiger partial charge in [0.05, 0.1) is 7.11 Å². The number of methoxy groups -OCH3 is 1. The number of hydrogen-bond donors (Lipinski definition) is 1. The van der Waals surface area contributed by atoms with E-state index in [0.29, 0.717) is 5.92 Å². The third-order valence-corrected chi connectivity index (χ3v) is 2.49. The standard InChI is InChI=1S/C11H16OS/c1-9(7-8-13)10-5-3-4-6-11(10)12-2/h3-6,9,13H,7-8H2,1-2H3. The van der Waals surface area contributed by atoms with Crippen LogP contribution in [-0.2, 0) is 0 Å². The molecule has 0 radical (unpaired) electrons. The Bertz CT molecular complexity index is 260. The van der Waals surface area contributed by atoms with E-state index >= 15 is 0 Å². The first kappa shape index (κ1) is 10.5. The van der Waals surface area contributed by atoms with Crippen molar-refractivity contribution in [2.45, 2.75) is 19.3 Å². The summed E-state index contributed by atoms with van der Waals surface area (Å²) in [5, 5.41) is 0. The SMILES string of the molecule is COc1ccccc1C(C)CCS. The molecule has 0 heterocycles. The molecule has 0 aliphatic carbocycles. The highest BCUT2D eigenvalue weighted by molar-refractivity contribution is 7.80.